The van der Waals surface area contributed by atoms with E-state index >= 15 is 0 Å². The van der Waals surface area contributed by atoms with E-state index in [0.29, 0.717) is 5.15 Å². The summed E-state index contributed by atoms with van der Waals surface area (Å²) < 4.78 is 0. The van der Waals surface area contributed by atoms with Crippen LogP contribution in [0.25, 0.3) is 0 Å². The van der Waals surface area contributed by atoms with Gasteiger partial charge < -0.3 is 0 Å². The third-order valence-corrected chi connectivity index (χ3v) is 4.44. The van der Waals surface area contributed by atoms with Gasteiger partial charge in [-0.05, 0) is 31.9 Å². The van der Waals surface area contributed by atoms with Gasteiger partial charge in [0.15, 0.2) is 0 Å². The van der Waals surface area contributed by atoms with Gasteiger partial charge in [-0.2, -0.15) is 0 Å². The number of hydrogen-bond acceptors (Lipinski definition) is 3. The number of rotatable bonds is 4. The molecule has 0 spiro atoms. The first-order valence-electron chi connectivity index (χ1n) is 6.36. The summed E-state index contributed by atoms with van der Waals surface area (Å²) in [6.45, 7) is 6.36. The van der Waals surface area contributed by atoms with Gasteiger partial charge in [-0.3, -0.25) is 0 Å². The fourth-order valence-electron chi connectivity index (χ4n) is 1.94. The SMILES string of the molecule is CCCc1c(Cl)ncnc1Sc1ccc(C)cc1C. The number of hydrogen-bond donors (Lipinski definition) is 0. The Kier molecular flexibility index (Phi) is 4.83. The van der Waals surface area contributed by atoms with Crippen molar-refractivity contribution in [3.05, 3.63) is 46.4 Å². The highest BCUT2D eigenvalue weighted by molar-refractivity contribution is 7.99. The van der Waals surface area contributed by atoms with Gasteiger partial charge in [-0.15, -0.1) is 0 Å². The topological polar surface area (TPSA) is 25.8 Å². The van der Waals surface area contributed by atoms with Crippen molar-refractivity contribution in [2.45, 2.75) is 43.5 Å². The number of aromatic nitrogens is 2. The molecule has 2 aromatic rings. The van der Waals surface area contributed by atoms with Gasteiger partial charge in [-0.25, -0.2) is 9.97 Å². The molecule has 0 aliphatic heterocycles. The van der Waals surface area contributed by atoms with Crippen molar-refractivity contribution in [1.82, 2.24) is 9.97 Å². The van der Waals surface area contributed by atoms with Gasteiger partial charge in [0.2, 0.25) is 0 Å². The Morgan fingerprint density at radius 2 is 2.00 bits per heavy atom. The summed E-state index contributed by atoms with van der Waals surface area (Å²) in [6, 6.07) is 6.45. The van der Waals surface area contributed by atoms with Crippen molar-refractivity contribution in [2.24, 2.45) is 0 Å². The summed E-state index contributed by atoms with van der Waals surface area (Å²) in [4.78, 5) is 9.68. The van der Waals surface area contributed by atoms with Crippen LogP contribution in [0.15, 0.2) is 34.4 Å². The molecule has 0 saturated heterocycles. The molecule has 0 aliphatic rings. The summed E-state index contributed by atoms with van der Waals surface area (Å²) in [6.07, 6.45) is 3.48. The Morgan fingerprint density at radius 3 is 2.68 bits per heavy atom. The minimum atomic E-state index is 0.573. The average Bonchev–Trinajstić information content (AvgIpc) is 2.37. The monoisotopic (exact) mass is 292 g/mol. The maximum atomic E-state index is 6.17. The molecule has 2 rings (SSSR count). The molecule has 0 saturated carbocycles. The number of nitrogens with zero attached hydrogens (tertiary/aromatic N) is 2. The Labute approximate surface area is 123 Å². The zero-order chi connectivity index (χ0) is 13.8. The summed E-state index contributed by atoms with van der Waals surface area (Å²) in [5, 5.41) is 1.54. The highest BCUT2D eigenvalue weighted by atomic mass is 35.5. The molecular formula is C15H17ClN2S. The second-order valence-corrected chi connectivity index (χ2v) is 5.96. The van der Waals surface area contributed by atoms with E-state index in [1.165, 1.54) is 22.3 Å². The molecule has 0 atom stereocenters. The molecule has 0 N–H and O–H groups in total. The molecule has 2 nitrogen and oxygen atoms in total. The Balaban J connectivity index is 2.35. The summed E-state index contributed by atoms with van der Waals surface area (Å²) >= 11 is 7.84. The first-order chi connectivity index (χ1) is 9.11. The maximum Gasteiger partial charge on any atom is 0.136 e. The highest BCUT2D eigenvalue weighted by Crippen LogP contribution is 2.33. The average molecular weight is 293 g/mol. The first-order valence-corrected chi connectivity index (χ1v) is 7.55. The van der Waals surface area contributed by atoms with Crippen molar-refractivity contribution in [3.63, 3.8) is 0 Å². The largest absolute Gasteiger partial charge is 0.229 e. The quantitative estimate of drug-likeness (QED) is 0.753. The second-order valence-electron chi connectivity index (χ2n) is 4.57. The molecule has 0 fully saturated rings. The summed E-state index contributed by atoms with van der Waals surface area (Å²) in [7, 11) is 0. The fourth-order valence-corrected chi connectivity index (χ4v) is 3.21. The van der Waals surface area contributed by atoms with Crippen molar-refractivity contribution < 1.29 is 0 Å². The molecule has 0 unspecified atom stereocenters. The van der Waals surface area contributed by atoms with Gasteiger partial charge in [0.1, 0.15) is 16.5 Å². The van der Waals surface area contributed by atoms with Gasteiger partial charge in [0, 0.05) is 10.5 Å². The van der Waals surface area contributed by atoms with Crippen LogP contribution < -0.4 is 0 Å². The van der Waals surface area contributed by atoms with E-state index in [-0.39, 0.29) is 0 Å². The number of aryl methyl sites for hydroxylation is 2. The minimum absolute atomic E-state index is 0.573. The molecule has 0 bridgehead atoms. The zero-order valence-electron chi connectivity index (χ0n) is 11.4. The van der Waals surface area contributed by atoms with Crippen LogP contribution >= 0.6 is 23.4 Å². The van der Waals surface area contributed by atoms with Crippen LogP contribution in [0.4, 0.5) is 0 Å². The summed E-state index contributed by atoms with van der Waals surface area (Å²) in [5.74, 6) is 0. The van der Waals surface area contributed by atoms with Crippen LogP contribution in [0.2, 0.25) is 5.15 Å². The molecule has 1 aromatic heterocycles. The third kappa shape index (κ3) is 3.48. The van der Waals surface area contributed by atoms with Crippen LogP contribution in [0.5, 0.6) is 0 Å². The van der Waals surface area contributed by atoms with Crippen LogP contribution in [-0.2, 0) is 6.42 Å². The van der Waals surface area contributed by atoms with Crippen LogP contribution in [0.1, 0.15) is 30.0 Å². The Morgan fingerprint density at radius 1 is 1.21 bits per heavy atom. The van der Waals surface area contributed by atoms with Crippen molar-refractivity contribution in [3.8, 4) is 0 Å². The van der Waals surface area contributed by atoms with E-state index in [4.69, 9.17) is 11.6 Å². The Hall–Kier alpha value is -1.06. The fraction of sp³-hybridized carbons (Fsp3) is 0.333. The number of halogens is 1. The second kappa shape index (κ2) is 6.40. The molecule has 19 heavy (non-hydrogen) atoms. The molecule has 0 radical (unpaired) electrons. The van der Waals surface area contributed by atoms with E-state index in [1.807, 2.05) is 0 Å². The lowest BCUT2D eigenvalue weighted by Gasteiger charge is -2.10. The maximum absolute atomic E-state index is 6.17. The van der Waals surface area contributed by atoms with E-state index in [9.17, 15) is 0 Å². The standard InChI is InChI=1S/C15H17ClN2S/c1-4-5-12-14(16)17-9-18-15(12)19-13-7-6-10(2)8-11(13)3/h6-9H,4-5H2,1-3H3. The van der Waals surface area contributed by atoms with Crippen LogP contribution in [0, 0.1) is 13.8 Å². The van der Waals surface area contributed by atoms with E-state index in [1.54, 1.807) is 11.8 Å². The van der Waals surface area contributed by atoms with Crippen LogP contribution in [0.3, 0.4) is 0 Å². The molecule has 1 aromatic carbocycles. The molecular weight excluding hydrogens is 276 g/mol. The van der Waals surface area contributed by atoms with Gasteiger partial charge in [0.25, 0.3) is 0 Å². The lowest BCUT2D eigenvalue weighted by molar-refractivity contribution is 0.856. The normalized spacial score (nSPS) is 10.7. The Bertz CT molecular complexity index is 584. The smallest absolute Gasteiger partial charge is 0.136 e. The zero-order valence-corrected chi connectivity index (χ0v) is 13.0. The van der Waals surface area contributed by atoms with Crippen molar-refractivity contribution in [2.75, 3.05) is 0 Å². The third-order valence-electron chi connectivity index (χ3n) is 2.89. The van der Waals surface area contributed by atoms with Gasteiger partial charge in [0.05, 0.1) is 0 Å². The van der Waals surface area contributed by atoms with E-state index in [2.05, 4.69) is 48.9 Å². The van der Waals surface area contributed by atoms with Crippen LogP contribution in [-0.4, -0.2) is 9.97 Å². The molecule has 4 heteroatoms. The number of benzene rings is 1. The van der Waals surface area contributed by atoms with Gasteiger partial charge in [-0.1, -0.05) is 54.4 Å². The van der Waals surface area contributed by atoms with Crippen molar-refractivity contribution in [1.29, 1.82) is 0 Å². The van der Waals surface area contributed by atoms with E-state index < -0.39 is 0 Å². The molecule has 0 aliphatic carbocycles. The molecule has 0 amide bonds. The van der Waals surface area contributed by atoms with Gasteiger partial charge >= 0.3 is 0 Å². The van der Waals surface area contributed by atoms with Crippen molar-refractivity contribution >= 4 is 23.4 Å². The minimum Gasteiger partial charge on any atom is -0.229 e. The lowest BCUT2D eigenvalue weighted by atomic mass is 10.2. The summed E-state index contributed by atoms with van der Waals surface area (Å²) in [5.41, 5.74) is 3.59. The first kappa shape index (κ1) is 14.4. The predicted molar refractivity (Wildman–Crippen MR) is 81.1 cm³/mol. The highest BCUT2D eigenvalue weighted by Gasteiger charge is 2.11. The predicted octanol–water partition coefficient (Wildman–Crippen LogP) is 4.85. The molecule has 1 heterocycles. The lowest BCUT2D eigenvalue weighted by Crippen LogP contribution is -1.95. The van der Waals surface area contributed by atoms with E-state index in [0.717, 1.165) is 23.4 Å². The molecule has 100 valence electrons.